The Bertz CT molecular complexity index is 920. The van der Waals surface area contributed by atoms with Crippen molar-refractivity contribution in [1.29, 1.82) is 0 Å². The summed E-state index contributed by atoms with van der Waals surface area (Å²) in [6.07, 6.45) is 0.0179. The Kier molecular flexibility index (Phi) is 1.81. The van der Waals surface area contributed by atoms with Crippen LogP contribution in [0.15, 0.2) is 48.5 Å². The maximum Gasteiger partial charge on any atom is 0.171 e. The van der Waals surface area contributed by atoms with Gasteiger partial charge in [0.1, 0.15) is 0 Å². The maximum absolute atomic E-state index is 12.0. The molecule has 0 radical (unpaired) electrons. The van der Waals surface area contributed by atoms with Gasteiger partial charge in [-0.15, -0.1) is 0 Å². The summed E-state index contributed by atoms with van der Waals surface area (Å²) in [5.74, 6) is -0.109. The third kappa shape index (κ3) is 1.23. The molecule has 5 rings (SSSR count). The highest BCUT2D eigenvalue weighted by atomic mass is 16.2. The van der Waals surface area contributed by atoms with E-state index in [1.165, 1.54) is 10.8 Å². The molecule has 0 unspecified atom stereocenters. The first kappa shape index (κ1) is 11.0. The lowest BCUT2D eigenvalue weighted by Gasteiger charge is -2.05. The molecule has 3 aromatic carbocycles. The van der Waals surface area contributed by atoms with Crippen LogP contribution in [-0.2, 0) is 0 Å². The second kappa shape index (κ2) is 3.47. The van der Waals surface area contributed by atoms with Crippen molar-refractivity contribution in [2.75, 3.05) is 0 Å². The third-order valence-corrected chi connectivity index (χ3v) is 4.56. The lowest BCUT2D eigenvalue weighted by Crippen LogP contribution is -1.92. The monoisotopic (exact) mass is 270 g/mol. The zero-order valence-corrected chi connectivity index (χ0v) is 11.1. The molecule has 0 aromatic heterocycles. The van der Waals surface area contributed by atoms with Crippen LogP contribution in [0.25, 0.3) is 33.0 Å². The molecule has 0 aliphatic heterocycles. The maximum atomic E-state index is 12.0. The molecule has 0 heterocycles. The summed E-state index contributed by atoms with van der Waals surface area (Å²) in [4.78, 5) is 23.9. The highest BCUT2D eigenvalue weighted by Crippen LogP contribution is 2.48. The number of hydrogen-bond acceptors (Lipinski definition) is 2. The van der Waals surface area contributed by atoms with Gasteiger partial charge >= 0.3 is 0 Å². The topological polar surface area (TPSA) is 34.1 Å². The van der Waals surface area contributed by atoms with E-state index in [0.717, 1.165) is 22.3 Å². The second-order valence-electron chi connectivity index (χ2n) is 5.68. The van der Waals surface area contributed by atoms with Gasteiger partial charge in [0.25, 0.3) is 0 Å². The third-order valence-electron chi connectivity index (χ3n) is 4.56. The van der Waals surface area contributed by atoms with Gasteiger partial charge in [-0.1, -0.05) is 36.4 Å². The van der Waals surface area contributed by atoms with Crippen molar-refractivity contribution < 1.29 is 9.59 Å². The summed E-state index contributed by atoms with van der Waals surface area (Å²) in [5.41, 5.74) is 5.64. The van der Waals surface area contributed by atoms with Crippen LogP contribution >= 0.6 is 0 Å². The fourth-order valence-corrected chi connectivity index (χ4v) is 3.63. The van der Waals surface area contributed by atoms with Gasteiger partial charge in [-0.25, -0.2) is 0 Å². The Morgan fingerprint density at radius 3 is 1.67 bits per heavy atom. The number of fused-ring (bicyclic) bond motifs is 4. The lowest BCUT2D eigenvalue weighted by molar-refractivity contribution is 0.0923. The van der Waals surface area contributed by atoms with E-state index >= 15 is 0 Å². The molecule has 0 atom stereocenters. The van der Waals surface area contributed by atoms with Crippen molar-refractivity contribution in [2.45, 2.75) is 6.42 Å². The van der Waals surface area contributed by atoms with Crippen LogP contribution in [0.4, 0.5) is 0 Å². The van der Waals surface area contributed by atoms with Crippen molar-refractivity contribution in [3.05, 3.63) is 59.7 Å². The van der Waals surface area contributed by atoms with Crippen LogP contribution < -0.4 is 0 Å². The predicted octanol–water partition coefficient (Wildman–Crippen LogP) is 4.26. The molecule has 2 aliphatic carbocycles. The molecule has 0 saturated carbocycles. The van der Waals surface area contributed by atoms with E-state index in [4.69, 9.17) is 0 Å². The normalized spacial score (nSPS) is 14.7. The van der Waals surface area contributed by atoms with Crippen molar-refractivity contribution in [2.24, 2.45) is 0 Å². The number of carbonyl (C=O) groups excluding carboxylic acids is 2. The zero-order chi connectivity index (χ0) is 14.1. The number of hydrogen-bond donors (Lipinski definition) is 0. The van der Waals surface area contributed by atoms with E-state index in [9.17, 15) is 9.59 Å². The standard InChI is InChI=1S/C19H10O2/c20-17-9-18(21)16-8-14-12-6-2-4-10-3-1-5-11(19(10)12)13(14)7-15(16)17/h1-8H,9H2. The molecule has 0 fully saturated rings. The molecule has 21 heavy (non-hydrogen) atoms. The fraction of sp³-hybridized carbons (Fsp3) is 0.0526. The van der Waals surface area contributed by atoms with Gasteiger partial charge in [0, 0.05) is 11.1 Å². The highest BCUT2D eigenvalue weighted by molar-refractivity contribution is 6.27. The van der Waals surface area contributed by atoms with Crippen LogP contribution in [0, 0.1) is 0 Å². The molecule has 0 amide bonds. The summed E-state index contributed by atoms with van der Waals surface area (Å²) < 4.78 is 0. The average Bonchev–Trinajstić information content (AvgIpc) is 2.96. The van der Waals surface area contributed by atoms with E-state index in [-0.39, 0.29) is 18.0 Å². The van der Waals surface area contributed by atoms with Crippen LogP contribution in [-0.4, -0.2) is 11.6 Å². The number of Topliss-reactive ketones (excluding diaryl/α,β-unsaturated/α-hetero) is 2. The average molecular weight is 270 g/mol. The first-order valence-corrected chi connectivity index (χ1v) is 7.01. The van der Waals surface area contributed by atoms with Gasteiger partial charge in [0.05, 0.1) is 6.42 Å². The molecule has 0 N–H and O–H groups in total. The summed E-state index contributed by atoms with van der Waals surface area (Å²) in [7, 11) is 0. The molecule has 2 heteroatoms. The smallest absolute Gasteiger partial charge is 0.171 e. The largest absolute Gasteiger partial charge is 0.294 e. The highest BCUT2D eigenvalue weighted by Gasteiger charge is 2.31. The molecule has 0 saturated heterocycles. The Morgan fingerprint density at radius 2 is 1.14 bits per heavy atom. The summed E-state index contributed by atoms with van der Waals surface area (Å²) in [6.45, 7) is 0. The fourth-order valence-electron chi connectivity index (χ4n) is 3.63. The molecular formula is C19H10O2. The summed E-state index contributed by atoms with van der Waals surface area (Å²) in [5, 5.41) is 2.41. The van der Waals surface area contributed by atoms with E-state index in [1.807, 2.05) is 24.3 Å². The number of rotatable bonds is 0. The quantitative estimate of drug-likeness (QED) is 0.447. The minimum Gasteiger partial charge on any atom is -0.294 e. The lowest BCUT2D eigenvalue weighted by atomic mass is 9.98. The molecule has 2 aliphatic rings. The molecular weight excluding hydrogens is 260 g/mol. The first-order chi connectivity index (χ1) is 10.2. The van der Waals surface area contributed by atoms with E-state index in [0.29, 0.717) is 11.1 Å². The van der Waals surface area contributed by atoms with Gasteiger partial charge < -0.3 is 0 Å². The van der Waals surface area contributed by atoms with E-state index in [1.54, 1.807) is 0 Å². The minimum atomic E-state index is -0.0547. The van der Waals surface area contributed by atoms with Crippen molar-refractivity contribution >= 4 is 22.3 Å². The number of ketones is 2. The summed E-state index contributed by atoms with van der Waals surface area (Å²) in [6, 6.07) is 16.3. The van der Waals surface area contributed by atoms with Gasteiger partial charge in [-0.05, 0) is 45.2 Å². The van der Waals surface area contributed by atoms with E-state index < -0.39 is 0 Å². The van der Waals surface area contributed by atoms with Crippen molar-refractivity contribution in [1.82, 2.24) is 0 Å². The van der Waals surface area contributed by atoms with Crippen molar-refractivity contribution in [3.8, 4) is 22.3 Å². The Balaban J connectivity index is 1.96. The van der Waals surface area contributed by atoms with Crippen LogP contribution in [0.3, 0.4) is 0 Å². The number of carbonyl (C=O) groups is 2. The Labute approximate surface area is 121 Å². The van der Waals surface area contributed by atoms with Crippen LogP contribution in [0.5, 0.6) is 0 Å². The Hall–Kier alpha value is -2.74. The number of benzene rings is 3. The van der Waals surface area contributed by atoms with Gasteiger partial charge in [-0.2, -0.15) is 0 Å². The van der Waals surface area contributed by atoms with E-state index in [2.05, 4.69) is 24.3 Å². The summed E-state index contributed by atoms with van der Waals surface area (Å²) >= 11 is 0. The van der Waals surface area contributed by atoms with Gasteiger partial charge in [-0.3, -0.25) is 9.59 Å². The molecule has 0 spiro atoms. The second-order valence-corrected chi connectivity index (χ2v) is 5.68. The van der Waals surface area contributed by atoms with Gasteiger partial charge in [0.2, 0.25) is 0 Å². The first-order valence-electron chi connectivity index (χ1n) is 7.01. The molecule has 3 aromatic rings. The minimum absolute atomic E-state index is 0.0179. The Morgan fingerprint density at radius 1 is 0.619 bits per heavy atom. The zero-order valence-electron chi connectivity index (χ0n) is 11.1. The van der Waals surface area contributed by atoms with Crippen LogP contribution in [0.2, 0.25) is 0 Å². The molecule has 2 nitrogen and oxygen atoms in total. The van der Waals surface area contributed by atoms with Crippen LogP contribution in [0.1, 0.15) is 27.1 Å². The predicted molar refractivity (Wildman–Crippen MR) is 81.7 cm³/mol. The molecule has 98 valence electrons. The van der Waals surface area contributed by atoms with Crippen molar-refractivity contribution in [3.63, 3.8) is 0 Å². The molecule has 0 bridgehead atoms. The SMILES string of the molecule is O=C1CC(=O)c2cc3c(cc21)-c1cccc2cccc-3c12. The van der Waals surface area contributed by atoms with Gasteiger partial charge in [0.15, 0.2) is 11.6 Å².